The summed E-state index contributed by atoms with van der Waals surface area (Å²) in [7, 11) is 0. The van der Waals surface area contributed by atoms with Gasteiger partial charge in [0.25, 0.3) is 0 Å². The fourth-order valence-corrected chi connectivity index (χ4v) is 2.40. The highest BCUT2D eigenvalue weighted by Crippen LogP contribution is 2.29. The molecule has 1 amide bonds. The molecular formula is C17H25NO4. The number of carbonyl (C=O) groups is 1. The number of nitrogens with zero attached hydrogens (tertiary/aromatic N) is 1. The lowest BCUT2D eigenvalue weighted by Gasteiger charge is -2.35. The molecule has 1 atom stereocenters. The molecule has 122 valence electrons. The summed E-state index contributed by atoms with van der Waals surface area (Å²) in [4.78, 5) is 14.1. The van der Waals surface area contributed by atoms with E-state index < -0.39 is 11.3 Å². The molecule has 1 aliphatic rings. The second kappa shape index (κ2) is 6.16. The highest BCUT2D eigenvalue weighted by Gasteiger charge is 2.46. The Morgan fingerprint density at radius 1 is 1.32 bits per heavy atom. The zero-order valence-corrected chi connectivity index (χ0v) is 14.0. The molecular weight excluding hydrogens is 282 g/mol. The van der Waals surface area contributed by atoms with Crippen molar-refractivity contribution in [1.29, 1.82) is 0 Å². The topological polar surface area (TPSA) is 48.0 Å². The van der Waals surface area contributed by atoms with Crippen LogP contribution in [0.2, 0.25) is 0 Å². The first kappa shape index (κ1) is 16.6. The Balaban J connectivity index is 2.04. The molecule has 1 fully saturated rings. The van der Waals surface area contributed by atoms with Crippen molar-refractivity contribution in [3.8, 4) is 5.75 Å². The smallest absolute Gasteiger partial charge is 0.413 e. The predicted octanol–water partition coefficient (Wildman–Crippen LogP) is 3.44. The lowest BCUT2D eigenvalue weighted by atomic mass is 10.2. The highest BCUT2D eigenvalue weighted by atomic mass is 16.6. The molecule has 1 aliphatic heterocycles. The molecule has 2 rings (SSSR count). The van der Waals surface area contributed by atoms with Crippen LogP contribution in [0.15, 0.2) is 30.3 Å². The molecule has 1 aromatic rings. The van der Waals surface area contributed by atoms with Crippen molar-refractivity contribution in [3.63, 3.8) is 0 Å². The van der Waals surface area contributed by atoms with Gasteiger partial charge in [-0.05, 0) is 46.8 Å². The Morgan fingerprint density at radius 2 is 1.95 bits per heavy atom. The van der Waals surface area contributed by atoms with Gasteiger partial charge in [0, 0.05) is 0 Å². The summed E-state index contributed by atoms with van der Waals surface area (Å²) >= 11 is 0. The number of ether oxygens (including phenoxy) is 3. The lowest BCUT2D eigenvalue weighted by Crippen LogP contribution is -2.51. The van der Waals surface area contributed by atoms with Crippen LogP contribution in [0.25, 0.3) is 0 Å². The van der Waals surface area contributed by atoms with E-state index in [0.29, 0.717) is 13.2 Å². The Hall–Kier alpha value is -1.75. The maximum atomic E-state index is 12.5. The van der Waals surface area contributed by atoms with Crippen molar-refractivity contribution >= 4 is 6.09 Å². The van der Waals surface area contributed by atoms with Crippen LogP contribution in [-0.2, 0) is 9.47 Å². The van der Waals surface area contributed by atoms with Gasteiger partial charge in [-0.3, -0.25) is 4.90 Å². The molecule has 5 nitrogen and oxygen atoms in total. The van der Waals surface area contributed by atoms with Gasteiger partial charge < -0.3 is 14.2 Å². The zero-order valence-electron chi connectivity index (χ0n) is 14.0. The molecule has 0 spiro atoms. The summed E-state index contributed by atoms with van der Waals surface area (Å²) in [6.45, 7) is 10.1. The number of amides is 1. The van der Waals surface area contributed by atoms with Crippen molar-refractivity contribution in [2.24, 2.45) is 0 Å². The molecule has 1 saturated heterocycles. The summed E-state index contributed by atoms with van der Waals surface area (Å²) in [5, 5.41) is 0. The van der Waals surface area contributed by atoms with E-state index >= 15 is 0 Å². The van der Waals surface area contributed by atoms with E-state index in [0.717, 1.165) is 5.75 Å². The predicted molar refractivity (Wildman–Crippen MR) is 83.8 cm³/mol. The van der Waals surface area contributed by atoms with Gasteiger partial charge in [0.2, 0.25) is 0 Å². The Morgan fingerprint density at radius 3 is 2.55 bits per heavy atom. The lowest BCUT2D eigenvalue weighted by molar-refractivity contribution is -0.0637. The Labute approximate surface area is 132 Å². The quantitative estimate of drug-likeness (QED) is 0.858. The van der Waals surface area contributed by atoms with E-state index in [4.69, 9.17) is 14.2 Å². The molecule has 0 N–H and O–H groups in total. The van der Waals surface area contributed by atoms with Crippen LogP contribution in [-0.4, -0.2) is 41.6 Å². The van der Waals surface area contributed by atoms with Gasteiger partial charge >= 0.3 is 6.09 Å². The highest BCUT2D eigenvalue weighted by molar-refractivity contribution is 5.69. The van der Waals surface area contributed by atoms with Gasteiger partial charge in [0.1, 0.15) is 23.7 Å². The van der Waals surface area contributed by atoms with Crippen molar-refractivity contribution in [3.05, 3.63) is 30.3 Å². The summed E-state index contributed by atoms with van der Waals surface area (Å²) in [5.74, 6) is 0.774. The minimum Gasteiger partial charge on any atom is -0.491 e. The summed E-state index contributed by atoms with van der Waals surface area (Å²) < 4.78 is 17.0. The monoisotopic (exact) mass is 307 g/mol. The van der Waals surface area contributed by atoms with E-state index in [1.165, 1.54) is 0 Å². The first-order chi connectivity index (χ1) is 10.2. The van der Waals surface area contributed by atoms with Crippen LogP contribution < -0.4 is 4.74 Å². The van der Waals surface area contributed by atoms with Gasteiger partial charge in [-0.15, -0.1) is 0 Å². The molecule has 22 heavy (non-hydrogen) atoms. The molecule has 1 heterocycles. The minimum absolute atomic E-state index is 0.176. The molecule has 1 aromatic carbocycles. The standard InChI is InChI=1S/C17H25NO4/c1-16(2,3)22-15(19)18-13(12-21-17(18,4)5)11-20-14-9-7-6-8-10-14/h6-10,13H,11-12H2,1-5H3. The maximum Gasteiger partial charge on any atom is 0.413 e. The van der Waals surface area contributed by atoms with Crippen molar-refractivity contribution in [2.45, 2.75) is 52.0 Å². The average Bonchev–Trinajstić information content (AvgIpc) is 2.71. The van der Waals surface area contributed by atoms with Crippen LogP contribution in [0, 0.1) is 0 Å². The van der Waals surface area contributed by atoms with Gasteiger partial charge in [-0.2, -0.15) is 0 Å². The van der Waals surface area contributed by atoms with E-state index in [1.807, 2.05) is 65.0 Å². The third-order valence-corrected chi connectivity index (χ3v) is 3.35. The van der Waals surface area contributed by atoms with E-state index in [9.17, 15) is 4.79 Å². The third-order valence-electron chi connectivity index (χ3n) is 3.35. The van der Waals surface area contributed by atoms with Crippen molar-refractivity contribution in [1.82, 2.24) is 4.90 Å². The first-order valence-corrected chi connectivity index (χ1v) is 7.53. The van der Waals surface area contributed by atoms with Crippen LogP contribution >= 0.6 is 0 Å². The Kier molecular flexibility index (Phi) is 4.66. The van der Waals surface area contributed by atoms with Crippen LogP contribution in [0.4, 0.5) is 4.79 Å². The Bertz CT molecular complexity index is 507. The van der Waals surface area contributed by atoms with E-state index in [1.54, 1.807) is 4.90 Å². The van der Waals surface area contributed by atoms with E-state index in [-0.39, 0.29) is 12.1 Å². The molecule has 0 radical (unpaired) electrons. The van der Waals surface area contributed by atoms with Crippen LogP contribution in [0.5, 0.6) is 5.75 Å². The molecule has 0 bridgehead atoms. The van der Waals surface area contributed by atoms with Crippen LogP contribution in [0.3, 0.4) is 0 Å². The number of carbonyl (C=O) groups excluding carboxylic acids is 1. The minimum atomic E-state index is -0.701. The summed E-state index contributed by atoms with van der Waals surface area (Å²) in [5.41, 5.74) is -1.24. The summed E-state index contributed by atoms with van der Waals surface area (Å²) in [6, 6.07) is 9.36. The van der Waals surface area contributed by atoms with Crippen molar-refractivity contribution < 1.29 is 19.0 Å². The number of benzene rings is 1. The number of hydrogen-bond acceptors (Lipinski definition) is 4. The van der Waals surface area contributed by atoms with Gasteiger partial charge in [-0.1, -0.05) is 18.2 Å². The summed E-state index contributed by atoms with van der Waals surface area (Å²) in [6.07, 6.45) is -0.378. The van der Waals surface area contributed by atoms with Gasteiger partial charge in [0.15, 0.2) is 0 Å². The molecule has 0 saturated carbocycles. The molecule has 0 aromatic heterocycles. The van der Waals surface area contributed by atoms with Crippen molar-refractivity contribution in [2.75, 3.05) is 13.2 Å². The molecule has 5 heteroatoms. The van der Waals surface area contributed by atoms with Crippen LogP contribution in [0.1, 0.15) is 34.6 Å². The first-order valence-electron chi connectivity index (χ1n) is 7.53. The molecule has 1 unspecified atom stereocenters. The average molecular weight is 307 g/mol. The number of rotatable bonds is 3. The fraction of sp³-hybridized carbons (Fsp3) is 0.588. The normalized spacial score (nSPS) is 20.8. The van der Waals surface area contributed by atoms with Gasteiger partial charge in [0.05, 0.1) is 12.6 Å². The number of para-hydroxylation sites is 1. The van der Waals surface area contributed by atoms with Gasteiger partial charge in [-0.25, -0.2) is 4.79 Å². The molecule has 0 aliphatic carbocycles. The fourth-order valence-electron chi connectivity index (χ4n) is 2.40. The largest absolute Gasteiger partial charge is 0.491 e. The number of hydrogen-bond donors (Lipinski definition) is 0. The third kappa shape index (κ3) is 4.13. The SMILES string of the molecule is CC(C)(C)OC(=O)N1C(COc2ccccc2)COC1(C)C. The maximum absolute atomic E-state index is 12.5. The second-order valence-corrected chi connectivity index (χ2v) is 6.89. The zero-order chi connectivity index (χ0) is 16.4. The van der Waals surface area contributed by atoms with E-state index in [2.05, 4.69) is 0 Å². The second-order valence-electron chi connectivity index (χ2n) is 6.89.